The van der Waals surface area contributed by atoms with Crippen molar-refractivity contribution in [2.24, 2.45) is 0 Å². The normalized spacial score (nSPS) is 12.4. The van der Waals surface area contributed by atoms with Gasteiger partial charge in [-0.05, 0) is 5.56 Å². The maximum atomic E-state index is 12.7. The molecule has 5 heteroatoms. The van der Waals surface area contributed by atoms with E-state index in [-0.39, 0.29) is 25.2 Å². The highest BCUT2D eigenvalue weighted by Gasteiger charge is 2.30. The molecule has 19 heavy (non-hydrogen) atoms. The zero-order valence-electron chi connectivity index (χ0n) is 10.7. The summed E-state index contributed by atoms with van der Waals surface area (Å²) in [4.78, 5) is 0. The SMILES string of the molecule is N#CCCP(=O)(CCC#N)C(O)Cc1ccccc1. The van der Waals surface area contributed by atoms with Crippen LogP contribution in [0.2, 0.25) is 0 Å². The zero-order valence-corrected chi connectivity index (χ0v) is 11.6. The quantitative estimate of drug-likeness (QED) is 0.776. The largest absolute Gasteiger partial charge is 0.385 e. The van der Waals surface area contributed by atoms with Gasteiger partial charge in [0.15, 0.2) is 0 Å². The van der Waals surface area contributed by atoms with Crippen molar-refractivity contribution in [3.8, 4) is 12.1 Å². The van der Waals surface area contributed by atoms with E-state index in [9.17, 15) is 9.67 Å². The number of rotatable bonds is 7. The van der Waals surface area contributed by atoms with E-state index >= 15 is 0 Å². The van der Waals surface area contributed by atoms with Crippen LogP contribution in [0.25, 0.3) is 0 Å². The van der Waals surface area contributed by atoms with Crippen LogP contribution >= 0.6 is 7.14 Å². The van der Waals surface area contributed by atoms with Gasteiger partial charge < -0.3 is 9.67 Å². The summed E-state index contributed by atoms with van der Waals surface area (Å²) < 4.78 is 12.7. The number of nitrogens with zero attached hydrogens (tertiary/aromatic N) is 2. The molecule has 0 aliphatic heterocycles. The van der Waals surface area contributed by atoms with E-state index in [0.717, 1.165) is 5.56 Å². The van der Waals surface area contributed by atoms with Crippen LogP contribution in [0, 0.1) is 22.7 Å². The van der Waals surface area contributed by atoms with Crippen molar-refractivity contribution in [3.05, 3.63) is 35.9 Å². The first-order valence-corrected chi connectivity index (χ1v) is 8.30. The van der Waals surface area contributed by atoms with Crippen LogP contribution in [-0.2, 0) is 11.0 Å². The van der Waals surface area contributed by atoms with E-state index in [4.69, 9.17) is 10.5 Å². The Balaban J connectivity index is 2.77. The Morgan fingerprint density at radius 2 is 1.63 bits per heavy atom. The molecule has 0 fully saturated rings. The topological polar surface area (TPSA) is 84.9 Å². The van der Waals surface area contributed by atoms with Gasteiger partial charge in [-0.25, -0.2) is 0 Å². The molecule has 0 aliphatic rings. The molecule has 0 saturated heterocycles. The molecular weight excluding hydrogens is 259 g/mol. The van der Waals surface area contributed by atoms with Gasteiger partial charge in [-0.2, -0.15) is 10.5 Å². The summed E-state index contributed by atoms with van der Waals surface area (Å²) in [5.74, 6) is -0.975. The summed E-state index contributed by atoms with van der Waals surface area (Å²) in [6, 6.07) is 13.2. The maximum absolute atomic E-state index is 12.7. The van der Waals surface area contributed by atoms with Crippen molar-refractivity contribution in [1.29, 1.82) is 10.5 Å². The third-order valence-electron chi connectivity index (χ3n) is 3.01. The van der Waals surface area contributed by atoms with Crippen LogP contribution in [0.4, 0.5) is 0 Å². The van der Waals surface area contributed by atoms with Gasteiger partial charge in [-0.1, -0.05) is 30.3 Å². The summed E-state index contributed by atoms with van der Waals surface area (Å²) in [5, 5.41) is 27.4. The van der Waals surface area contributed by atoms with Gasteiger partial charge in [0.1, 0.15) is 13.0 Å². The fraction of sp³-hybridized carbons (Fsp3) is 0.429. The summed E-state index contributed by atoms with van der Waals surface area (Å²) in [7, 11) is -2.90. The van der Waals surface area contributed by atoms with Crippen molar-refractivity contribution in [2.45, 2.75) is 25.1 Å². The Morgan fingerprint density at radius 1 is 1.11 bits per heavy atom. The molecule has 0 saturated carbocycles. The molecule has 1 N–H and O–H groups in total. The van der Waals surface area contributed by atoms with E-state index in [1.165, 1.54) is 0 Å². The van der Waals surface area contributed by atoms with Gasteiger partial charge in [0.2, 0.25) is 0 Å². The second kappa shape index (κ2) is 7.74. The number of aliphatic hydroxyl groups excluding tert-OH is 1. The molecule has 1 rings (SSSR count). The molecule has 0 spiro atoms. The zero-order chi connectivity index (χ0) is 14.1. The lowest BCUT2D eigenvalue weighted by molar-refractivity contribution is 0.247. The van der Waals surface area contributed by atoms with Gasteiger partial charge >= 0.3 is 0 Å². The van der Waals surface area contributed by atoms with E-state index in [1.54, 1.807) is 0 Å². The molecule has 4 nitrogen and oxygen atoms in total. The Labute approximate surface area is 113 Å². The second-order valence-electron chi connectivity index (χ2n) is 4.39. The minimum absolute atomic E-state index is 0.147. The Morgan fingerprint density at radius 3 is 2.11 bits per heavy atom. The lowest BCUT2D eigenvalue weighted by atomic mass is 10.2. The van der Waals surface area contributed by atoms with E-state index in [1.807, 2.05) is 42.5 Å². The number of hydrogen-bond donors (Lipinski definition) is 1. The molecule has 0 radical (unpaired) electrons. The molecule has 1 atom stereocenters. The van der Waals surface area contributed by atoms with Crippen molar-refractivity contribution in [2.75, 3.05) is 12.3 Å². The van der Waals surface area contributed by atoms with Crippen LogP contribution in [0.1, 0.15) is 18.4 Å². The highest BCUT2D eigenvalue weighted by molar-refractivity contribution is 7.64. The number of benzene rings is 1. The summed E-state index contributed by atoms with van der Waals surface area (Å²) in [5.41, 5.74) is 0.907. The van der Waals surface area contributed by atoms with Crippen molar-refractivity contribution < 1.29 is 9.67 Å². The summed E-state index contributed by atoms with van der Waals surface area (Å²) in [6.07, 6.45) is 0.955. The predicted octanol–water partition coefficient (Wildman–Crippen LogP) is 2.74. The van der Waals surface area contributed by atoms with Crippen molar-refractivity contribution in [1.82, 2.24) is 0 Å². The van der Waals surface area contributed by atoms with Gasteiger partial charge in [0, 0.05) is 31.6 Å². The first-order chi connectivity index (χ1) is 9.12. The number of aliphatic hydroxyl groups is 1. The number of hydrogen-bond acceptors (Lipinski definition) is 4. The van der Waals surface area contributed by atoms with Crippen LogP contribution in [0.3, 0.4) is 0 Å². The molecule has 0 amide bonds. The molecule has 1 aromatic rings. The molecule has 0 heterocycles. The highest BCUT2D eigenvalue weighted by Crippen LogP contribution is 2.51. The molecule has 1 unspecified atom stereocenters. The summed E-state index contributed by atoms with van der Waals surface area (Å²) in [6.45, 7) is 0. The monoisotopic (exact) mass is 276 g/mol. The molecule has 0 aromatic heterocycles. The number of nitriles is 2. The minimum atomic E-state index is -2.90. The van der Waals surface area contributed by atoms with Gasteiger partial charge in [0.05, 0.1) is 12.1 Å². The summed E-state index contributed by atoms with van der Waals surface area (Å²) >= 11 is 0. The maximum Gasteiger partial charge on any atom is 0.117 e. The molecule has 0 aliphatic carbocycles. The predicted molar refractivity (Wildman–Crippen MR) is 74.0 cm³/mol. The second-order valence-corrected chi connectivity index (χ2v) is 7.78. The first kappa shape index (κ1) is 15.4. The molecule has 100 valence electrons. The van der Waals surface area contributed by atoms with E-state index in [0.29, 0.717) is 6.42 Å². The van der Waals surface area contributed by atoms with Crippen LogP contribution in [-0.4, -0.2) is 23.3 Å². The van der Waals surface area contributed by atoms with E-state index in [2.05, 4.69) is 0 Å². The Bertz CT molecular complexity index is 494. The minimum Gasteiger partial charge on any atom is -0.385 e. The van der Waals surface area contributed by atoms with Gasteiger partial charge in [-0.3, -0.25) is 0 Å². The van der Waals surface area contributed by atoms with Crippen LogP contribution in [0.15, 0.2) is 30.3 Å². The van der Waals surface area contributed by atoms with Gasteiger partial charge in [0.25, 0.3) is 0 Å². The average molecular weight is 276 g/mol. The smallest absolute Gasteiger partial charge is 0.117 e. The molecule has 1 aromatic carbocycles. The van der Waals surface area contributed by atoms with Crippen molar-refractivity contribution >= 4 is 7.14 Å². The molecular formula is C14H17N2O2P. The van der Waals surface area contributed by atoms with Crippen LogP contribution in [0.5, 0.6) is 0 Å². The fourth-order valence-electron chi connectivity index (χ4n) is 1.88. The average Bonchev–Trinajstić information content (AvgIpc) is 2.44. The van der Waals surface area contributed by atoms with E-state index < -0.39 is 13.0 Å². The van der Waals surface area contributed by atoms with Crippen LogP contribution < -0.4 is 0 Å². The lowest BCUT2D eigenvalue weighted by Gasteiger charge is -2.22. The standard InChI is InChI=1S/C14H17N2O2P/c15-8-4-10-19(18,11-5-9-16)14(17)12-13-6-2-1-3-7-13/h1-3,6-7,14,17H,4-5,10-12H2. The van der Waals surface area contributed by atoms with Gasteiger partial charge in [-0.15, -0.1) is 0 Å². The third kappa shape index (κ3) is 4.87. The first-order valence-electron chi connectivity index (χ1n) is 6.16. The third-order valence-corrected chi connectivity index (χ3v) is 6.24. The highest BCUT2D eigenvalue weighted by atomic mass is 31.2. The Hall–Kier alpha value is -1.61. The lowest BCUT2D eigenvalue weighted by Crippen LogP contribution is -2.16. The molecule has 0 bridgehead atoms. The Kier molecular flexibility index (Phi) is 6.30. The fourth-order valence-corrected chi connectivity index (χ4v) is 4.20. The van der Waals surface area contributed by atoms with Crippen molar-refractivity contribution in [3.63, 3.8) is 0 Å².